The third-order valence-corrected chi connectivity index (χ3v) is 3.55. The van der Waals surface area contributed by atoms with Gasteiger partial charge < -0.3 is 20.7 Å². The van der Waals surface area contributed by atoms with Crippen molar-refractivity contribution in [2.24, 2.45) is 0 Å². The maximum atomic E-state index is 11.8. The summed E-state index contributed by atoms with van der Waals surface area (Å²) in [5.74, 6) is -0.210. The van der Waals surface area contributed by atoms with E-state index in [1.807, 2.05) is 0 Å². The van der Waals surface area contributed by atoms with Crippen LogP contribution in [0.5, 0.6) is 0 Å². The molecule has 6 nitrogen and oxygen atoms in total. The first kappa shape index (κ1) is 15.2. The van der Waals surface area contributed by atoms with Crippen molar-refractivity contribution in [3.63, 3.8) is 0 Å². The lowest BCUT2D eigenvalue weighted by Gasteiger charge is -2.31. The minimum absolute atomic E-state index is 0.132. The summed E-state index contributed by atoms with van der Waals surface area (Å²) in [5.41, 5.74) is 7.69. The number of nitrogens with zero attached hydrogens (tertiary/aromatic N) is 1. The predicted octanol–water partition coefficient (Wildman–Crippen LogP) is 1.48. The molecule has 6 heteroatoms. The average molecular weight is 291 g/mol. The third-order valence-electron chi connectivity index (χ3n) is 3.55. The number of nitrogens with one attached hydrogen (secondary N) is 1. The third kappa shape index (κ3) is 3.65. The number of carbonyl (C=O) groups is 2. The van der Waals surface area contributed by atoms with E-state index in [1.54, 1.807) is 37.1 Å². The number of nitrogens with two attached hydrogens (primary N) is 1. The molecule has 0 saturated carbocycles. The number of likely N-dealkylation sites (tertiary alicyclic amines) is 1. The Balaban J connectivity index is 2.10. The molecule has 1 aromatic rings. The van der Waals surface area contributed by atoms with Gasteiger partial charge in [0.15, 0.2) is 0 Å². The SMILES string of the molecule is CCOC(=O)c1ccc(N)c(NC2CCC(=O)N(C)C2)c1. The Morgan fingerprint density at radius 2 is 2.29 bits per heavy atom. The smallest absolute Gasteiger partial charge is 0.338 e. The number of piperidine rings is 1. The molecule has 1 aliphatic rings. The number of amides is 1. The summed E-state index contributed by atoms with van der Waals surface area (Å²) >= 11 is 0. The fourth-order valence-electron chi connectivity index (χ4n) is 2.37. The molecule has 1 heterocycles. The van der Waals surface area contributed by atoms with Crippen LogP contribution in [-0.4, -0.2) is 43.0 Å². The van der Waals surface area contributed by atoms with Gasteiger partial charge in [-0.1, -0.05) is 0 Å². The van der Waals surface area contributed by atoms with Crippen LogP contribution in [0.4, 0.5) is 11.4 Å². The largest absolute Gasteiger partial charge is 0.462 e. The van der Waals surface area contributed by atoms with Crippen LogP contribution in [0.1, 0.15) is 30.1 Å². The molecule has 0 aromatic heterocycles. The van der Waals surface area contributed by atoms with Crippen LogP contribution in [0.25, 0.3) is 0 Å². The standard InChI is InChI=1S/C15H21N3O3/c1-3-21-15(20)10-4-6-12(16)13(8-10)17-11-5-7-14(19)18(2)9-11/h4,6,8,11,17H,3,5,7,9,16H2,1-2H3. The van der Waals surface area contributed by atoms with Crippen LogP contribution in [0.15, 0.2) is 18.2 Å². The van der Waals surface area contributed by atoms with Gasteiger partial charge in [0.05, 0.1) is 23.5 Å². The summed E-state index contributed by atoms with van der Waals surface area (Å²) in [6.07, 6.45) is 1.28. The maximum Gasteiger partial charge on any atom is 0.338 e. The second-order valence-electron chi connectivity index (χ2n) is 5.18. The van der Waals surface area contributed by atoms with E-state index in [1.165, 1.54) is 0 Å². The van der Waals surface area contributed by atoms with Gasteiger partial charge in [-0.15, -0.1) is 0 Å². The molecule has 0 bridgehead atoms. The molecule has 0 radical (unpaired) electrons. The molecule has 1 amide bonds. The van der Waals surface area contributed by atoms with Crippen LogP contribution < -0.4 is 11.1 Å². The minimum Gasteiger partial charge on any atom is -0.462 e. The van der Waals surface area contributed by atoms with Crippen molar-refractivity contribution < 1.29 is 14.3 Å². The number of hydrogen-bond acceptors (Lipinski definition) is 5. The zero-order valence-electron chi connectivity index (χ0n) is 12.4. The zero-order chi connectivity index (χ0) is 15.4. The number of nitrogen functional groups attached to an aromatic ring is 1. The maximum absolute atomic E-state index is 11.8. The molecule has 1 aromatic carbocycles. The second-order valence-corrected chi connectivity index (χ2v) is 5.18. The van der Waals surface area contributed by atoms with Crippen molar-refractivity contribution in [3.05, 3.63) is 23.8 Å². The first-order valence-corrected chi connectivity index (χ1v) is 7.08. The number of carbonyl (C=O) groups excluding carboxylic acids is 2. The molecular weight excluding hydrogens is 270 g/mol. The first-order chi connectivity index (χ1) is 10.0. The van der Waals surface area contributed by atoms with Gasteiger partial charge in [-0.25, -0.2) is 4.79 Å². The number of benzene rings is 1. The Morgan fingerprint density at radius 3 is 2.95 bits per heavy atom. The van der Waals surface area contributed by atoms with Crippen molar-refractivity contribution in [2.45, 2.75) is 25.8 Å². The van der Waals surface area contributed by atoms with E-state index in [9.17, 15) is 9.59 Å². The highest BCUT2D eigenvalue weighted by atomic mass is 16.5. The molecule has 114 valence electrons. The van der Waals surface area contributed by atoms with Crippen molar-refractivity contribution in [2.75, 3.05) is 31.2 Å². The summed E-state index contributed by atoms with van der Waals surface area (Å²) in [6, 6.07) is 5.16. The Hall–Kier alpha value is -2.24. The quantitative estimate of drug-likeness (QED) is 0.648. The van der Waals surface area contributed by atoms with Crippen LogP contribution in [-0.2, 0) is 9.53 Å². The van der Waals surface area contributed by atoms with Gasteiger partial charge in [-0.3, -0.25) is 4.79 Å². The molecule has 1 fully saturated rings. The summed E-state index contributed by atoms with van der Waals surface area (Å²) in [7, 11) is 1.79. The number of anilines is 2. The highest BCUT2D eigenvalue weighted by Gasteiger charge is 2.23. The minimum atomic E-state index is -0.364. The van der Waals surface area contributed by atoms with Gasteiger partial charge in [-0.05, 0) is 31.5 Å². The highest BCUT2D eigenvalue weighted by molar-refractivity contribution is 5.92. The number of hydrogen-bond donors (Lipinski definition) is 2. The number of ether oxygens (including phenoxy) is 1. The topological polar surface area (TPSA) is 84.7 Å². The zero-order valence-corrected chi connectivity index (χ0v) is 12.4. The lowest BCUT2D eigenvalue weighted by Crippen LogP contribution is -2.43. The number of rotatable bonds is 4. The summed E-state index contributed by atoms with van der Waals surface area (Å²) in [6.45, 7) is 2.73. The summed E-state index contributed by atoms with van der Waals surface area (Å²) in [4.78, 5) is 24.9. The van der Waals surface area contributed by atoms with Gasteiger partial charge in [0, 0.05) is 26.1 Å². The van der Waals surface area contributed by atoms with E-state index >= 15 is 0 Å². The fraction of sp³-hybridized carbons (Fsp3) is 0.467. The predicted molar refractivity (Wildman–Crippen MR) is 81.1 cm³/mol. The fourth-order valence-corrected chi connectivity index (χ4v) is 2.37. The van der Waals surface area contributed by atoms with Crippen LogP contribution in [0.3, 0.4) is 0 Å². The molecular formula is C15H21N3O3. The van der Waals surface area contributed by atoms with Gasteiger partial charge >= 0.3 is 5.97 Å². The molecule has 1 saturated heterocycles. The Labute approximate surface area is 124 Å². The van der Waals surface area contributed by atoms with Crippen molar-refractivity contribution in [3.8, 4) is 0 Å². The molecule has 0 aliphatic carbocycles. The van der Waals surface area contributed by atoms with Crippen LogP contribution >= 0.6 is 0 Å². The van der Waals surface area contributed by atoms with Crippen molar-refractivity contribution in [1.82, 2.24) is 4.90 Å². The molecule has 2 rings (SSSR count). The first-order valence-electron chi connectivity index (χ1n) is 7.08. The van der Waals surface area contributed by atoms with E-state index in [0.29, 0.717) is 36.5 Å². The lowest BCUT2D eigenvalue weighted by atomic mass is 10.0. The Kier molecular flexibility index (Phi) is 4.67. The molecule has 1 atom stereocenters. The van der Waals surface area contributed by atoms with E-state index in [0.717, 1.165) is 6.42 Å². The molecule has 1 aliphatic heterocycles. The van der Waals surface area contributed by atoms with Gasteiger partial charge in [0.2, 0.25) is 5.91 Å². The Morgan fingerprint density at radius 1 is 1.52 bits per heavy atom. The summed E-state index contributed by atoms with van der Waals surface area (Å²) in [5, 5.41) is 3.31. The molecule has 3 N–H and O–H groups in total. The van der Waals surface area contributed by atoms with E-state index in [-0.39, 0.29) is 17.9 Å². The lowest BCUT2D eigenvalue weighted by molar-refractivity contribution is -0.132. The van der Waals surface area contributed by atoms with Crippen LogP contribution in [0.2, 0.25) is 0 Å². The van der Waals surface area contributed by atoms with Gasteiger partial charge in [0.1, 0.15) is 0 Å². The van der Waals surface area contributed by atoms with Crippen LogP contribution in [0, 0.1) is 0 Å². The van der Waals surface area contributed by atoms with Crippen molar-refractivity contribution >= 4 is 23.3 Å². The van der Waals surface area contributed by atoms with E-state index in [2.05, 4.69) is 5.32 Å². The van der Waals surface area contributed by atoms with Gasteiger partial charge in [0.25, 0.3) is 0 Å². The van der Waals surface area contributed by atoms with E-state index < -0.39 is 0 Å². The normalized spacial score (nSPS) is 18.5. The van der Waals surface area contributed by atoms with Gasteiger partial charge in [-0.2, -0.15) is 0 Å². The average Bonchev–Trinajstić information content (AvgIpc) is 2.45. The second kappa shape index (κ2) is 6.47. The number of esters is 1. The monoisotopic (exact) mass is 291 g/mol. The molecule has 0 spiro atoms. The Bertz CT molecular complexity index is 545. The van der Waals surface area contributed by atoms with E-state index in [4.69, 9.17) is 10.5 Å². The van der Waals surface area contributed by atoms with Crippen molar-refractivity contribution in [1.29, 1.82) is 0 Å². The number of likely N-dealkylation sites (N-methyl/N-ethyl adjacent to an activating group) is 1. The highest BCUT2D eigenvalue weighted by Crippen LogP contribution is 2.23. The summed E-state index contributed by atoms with van der Waals surface area (Å²) < 4.78 is 4.98. The molecule has 21 heavy (non-hydrogen) atoms. The molecule has 1 unspecified atom stereocenters.